The van der Waals surface area contributed by atoms with Gasteiger partial charge in [-0.05, 0) is 44.8 Å². The third-order valence-electron chi connectivity index (χ3n) is 3.23. The van der Waals surface area contributed by atoms with Gasteiger partial charge in [-0.1, -0.05) is 29.8 Å². The Hall–Kier alpha value is -0.860. The summed E-state index contributed by atoms with van der Waals surface area (Å²) in [4.78, 5) is 0. The van der Waals surface area contributed by atoms with E-state index in [-0.39, 0.29) is 0 Å². The van der Waals surface area contributed by atoms with Crippen LogP contribution < -0.4 is 10.6 Å². The van der Waals surface area contributed by atoms with Crippen molar-refractivity contribution in [2.75, 3.05) is 19.6 Å². The fourth-order valence-electron chi connectivity index (χ4n) is 2.31. The minimum Gasteiger partial charge on any atom is -0.315 e. The molecular formula is C14H22N2. The van der Waals surface area contributed by atoms with Crippen molar-refractivity contribution in [3.8, 4) is 0 Å². The highest BCUT2D eigenvalue weighted by Gasteiger charge is 2.12. The molecule has 0 saturated carbocycles. The van der Waals surface area contributed by atoms with Gasteiger partial charge in [0, 0.05) is 12.6 Å². The summed E-state index contributed by atoms with van der Waals surface area (Å²) in [6.45, 7) is 5.55. The van der Waals surface area contributed by atoms with Crippen LogP contribution in [0.1, 0.15) is 24.0 Å². The van der Waals surface area contributed by atoms with E-state index in [1.165, 1.54) is 30.5 Å². The standard InChI is InChI=1S/C14H22N2/c1-12-4-2-5-13(10-12)7-9-15-11-14-6-3-8-16-14/h2,4-5,10,14-16H,3,6-9,11H2,1H3. The Kier molecular flexibility index (Phi) is 4.37. The monoisotopic (exact) mass is 218 g/mol. The third-order valence-corrected chi connectivity index (χ3v) is 3.23. The Balaban J connectivity index is 1.64. The Morgan fingerprint density at radius 3 is 3.12 bits per heavy atom. The molecule has 2 nitrogen and oxygen atoms in total. The Morgan fingerprint density at radius 1 is 1.44 bits per heavy atom. The number of aryl methyl sites for hydroxylation is 1. The smallest absolute Gasteiger partial charge is 0.0192 e. The zero-order valence-electron chi connectivity index (χ0n) is 10.1. The first-order valence-electron chi connectivity index (χ1n) is 6.34. The highest BCUT2D eigenvalue weighted by atomic mass is 15.0. The van der Waals surface area contributed by atoms with Gasteiger partial charge in [-0.15, -0.1) is 0 Å². The third kappa shape index (κ3) is 3.62. The summed E-state index contributed by atoms with van der Waals surface area (Å²) >= 11 is 0. The maximum absolute atomic E-state index is 3.53. The molecular weight excluding hydrogens is 196 g/mol. The van der Waals surface area contributed by atoms with E-state index in [0.717, 1.165) is 19.5 Å². The van der Waals surface area contributed by atoms with Gasteiger partial charge in [0.05, 0.1) is 0 Å². The van der Waals surface area contributed by atoms with E-state index in [2.05, 4.69) is 41.8 Å². The van der Waals surface area contributed by atoms with Crippen LogP contribution in [0.2, 0.25) is 0 Å². The first-order valence-corrected chi connectivity index (χ1v) is 6.34. The lowest BCUT2D eigenvalue weighted by molar-refractivity contribution is 0.537. The van der Waals surface area contributed by atoms with Crippen molar-refractivity contribution in [2.24, 2.45) is 0 Å². The van der Waals surface area contributed by atoms with Crippen LogP contribution in [-0.4, -0.2) is 25.7 Å². The van der Waals surface area contributed by atoms with Crippen LogP contribution >= 0.6 is 0 Å². The number of benzene rings is 1. The molecule has 0 amide bonds. The predicted molar refractivity (Wildman–Crippen MR) is 68.8 cm³/mol. The number of rotatable bonds is 5. The van der Waals surface area contributed by atoms with Gasteiger partial charge in [0.15, 0.2) is 0 Å². The molecule has 1 atom stereocenters. The topological polar surface area (TPSA) is 24.1 Å². The van der Waals surface area contributed by atoms with Crippen LogP contribution in [0.25, 0.3) is 0 Å². The molecule has 1 unspecified atom stereocenters. The van der Waals surface area contributed by atoms with Crippen molar-refractivity contribution in [3.63, 3.8) is 0 Å². The lowest BCUT2D eigenvalue weighted by Crippen LogP contribution is -2.34. The van der Waals surface area contributed by atoms with Crippen molar-refractivity contribution >= 4 is 0 Å². The van der Waals surface area contributed by atoms with Crippen molar-refractivity contribution in [2.45, 2.75) is 32.2 Å². The normalized spacial score (nSPS) is 20.2. The Labute approximate surface area is 98.4 Å². The molecule has 1 aromatic rings. The van der Waals surface area contributed by atoms with E-state index in [0.29, 0.717) is 6.04 Å². The van der Waals surface area contributed by atoms with E-state index < -0.39 is 0 Å². The summed E-state index contributed by atoms with van der Waals surface area (Å²) in [5.74, 6) is 0. The van der Waals surface area contributed by atoms with Gasteiger partial charge in [0.25, 0.3) is 0 Å². The largest absolute Gasteiger partial charge is 0.315 e. The Morgan fingerprint density at radius 2 is 2.38 bits per heavy atom. The molecule has 1 saturated heterocycles. The van der Waals surface area contributed by atoms with Crippen LogP contribution in [0.3, 0.4) is 0 Å². The van der Waals surface area contributed by atoms with Gasteiger partial charge in [0.2, 0.25) is 0 Å². The second-order valence-corrected chi connectivity index (χ2v) is 4.74. The first-order chi connectivity index (χ1) is 7.84. The molecule has 1 fully saturated rings. The van der Waals surface area contributed by atoms with Crippen molar-refractivity contribution in [1.29, 1.82) is 0 Å². The average molecular weight is 218 g/mol. The number of hydrogen-bond acceptors (Lipinski definition) is 2. The molecule has 0 radical (unpaired) electrons. The summed E-state index contributed by atoms with van der Waals surface area (Å²) in [5.41, 5.74) is 2.79. The molecule has 2 heteroatoms. The van der Waals surface area contributed by atoms with E-state index >= 15 is 0 Å². The average Bonchev–Trinajstić information content (AvgIpc) is 2.77. The van der Waals surface area contributed by atoms with Gasteiger partial charge < -0.3 is 10.6 Å². The zero-order chi connectivity index (χ0) is 11.2. The van der Waals surface area contributed by atoms with Crippen LogP contribution in [0.15, 0.2) is 24.3 Å². The van der Waals surface area contributed by atoms with Gasteiger partial charge in [-0.25, -0.2) is 0 Å². The molecule has 1 aliphatic heterocycles. The maximum atomic E-state index is 3.53. The highest BCUT2D eigenvalue weighted by molar-refractivity contribution is 5.22. The van der Waals surface area contributed by atoms with Crippen LogP contribution in [0.4, 0.5) is 0 Å². The van der Waals surface area contributed by atoms with Crippen LogP contribution in [0, 0.1) is 6.92 Å². The zero-order valence-corrected chi connectivity index (χ0v) is 10.1. The molecule has 1 aromatic carbocycles. The highest BCUT2D eigenvalue weighted by Crippen LogP contribution is 2.05. The SMILES string of the molecule is Cc1cccc(CCNCC2CCCN2)c1. The van der Waals surface area contributed by atoms with E-state index in [1.807, 2.05) is 0 Å². The molecule has 0 bridgehead atoms. The summed E-state index contributed by atoms with van der Waals surface area (Å²) in [5, 5.41) is 7.03. The fraction of sp³-hybridized carbons (Fsp3) is 0.571. The fourth-order valence-corrected chi connectivity index (χ4v) is 2.31. The van der Waals surface area contributed by atoms with Crippen molar-refractivity contribution in [1.82, 2.24) is 10.6 Å². The minimum absolute atomic E-state index is 0.706. The van der Waals surface area contributed by atoms with E-state index in [1.54, 1.807) is 0 Å². The lowest BCUT2D eigenvalue weighted by Gasteiger charge is -2.11. The molecule has 1 aliphatic rings. The summed E-state index contributed by atoms with van der Waals surface area (Å²) in [7, 11) is 0. The Bertz CT molecular complexity index is 316. The molecule has 0 aromatic heterocycles. The molecule has 0 aliphatic carbocycles. The predicted octanol–water partition coefficient (Wildman–Crippen LogP) is 1.88. The molecule has 0 spiro atoms. The van der Waals surface area contributed by atoms with E-state index in [4.69, 9.17) is 0 Å². The van der Waals surface area contributed by atoms with Crippen LogP contribution in [0.5, 0.6) is 0 Å². The lowest BCUT2D eigenvalue weighted by atomic mass is 10.1. The summed E-state index contributed by atoms with van der Waals surface area (Å²) in [6, 6.07) is 9.48. The summed E-state index contributed by atoms with van der Waals surface area (Å²) in [6.07, 6.45) is 3.80. The molecule has 1 heterocycles. The van der Waals surface area contributed by atoms with Crippen molar-refractivity contribution in [3.05, 3.63) is 35.4 Å². The molecule has 2 rings (SSSR count). The quantitative estimate of drug-likeness (QED) is 0.737. The first kappa shape index (κ1) is 11.6. The molecule has 2 N–H and O–H groups in total. The minimum atomic E-state index is 0.706. The molecule has 16 heavy (non-hydrogen) atoms. The van der Waals surface area contributed by atoms with Gasteiger partial charge in [0.1, 0.15) is 0 Å². The second-order valence-electron chi connectivity index (χ2n) is 4.74. The second kappa shape index (κ2) is 6.02. The van der Waals surface area contributed by atoms with E-state index in [9.17, 15) is 0 Å². The van der Waals surface area contributed by atoms with Crippen LogP contribution in [-0.2, 0) is 6.42 Å². The summed E-state index contributed by atoms with van der Waals surface area (Å²) < 4.78 is 0. The van der Waals surface area contributed by atoms with Gasteiger partial charge >= 0.3 is 0 Å². The number of nitrogens with one attached hydrogen (secondary N) is 2. The van der Waals surface area contributed by atoms with Gasteiger partial charge in [-0.3, -0.25) is 0 Å². The maximum Gasteiger partial charge on any atom is 0.0192 e. The van der Waals surface area contributed by atoms with Crippen molar-refractivity contribution < 1.29 is 0 Å². The molecule has 88 valence electrons. The number of hydrogen-bond donors (Lipinski definition) is 2. The van der Waals surface area contributed by atoms with Gasteiger partial charge in [-0.2, -0.15) is 0 Å².